The lowest BCUT2D eigenvalue weighted by Gasteiger charge is -2.24. The Morgan fingerprint density at radius 1 is 0.456 bits per heavy atom. The van der Waals surface area contributed by atoms with E-state index < -0.39 is 0 Å². The van der Waals surface area contributed by atoms with Gasteiger partial charge >= 0.3 is 0 Å². The van der Waals surface area contributed by atoms with Gasteiger partial charge in [-0.2, -0.15) is 0 Å². The van der Waals surface area contributed by atoms with Gasteiger partial charge in [0.05, 0.1) is 0 Å². The average Bonchev–Trinajstić information content (AvgIpc) is 3.40. The van der Waals surface area contributed by atoms with Gasteiger partial charge in [-0.3, -0.25) is 9.59 Å². The molecule has 9 nitrogen and oxygen atoms in total. The number of ketones is 2. The summed E-state index contributed by atoms with van der Waals surface area (Å²) in [5, 5.41) is 11.4. The Labute approximate surface area is 412 Å². The number of anilines is 2. The van der Waals surface area contributed by atoms with Gasteiger partial charge in [0.25, 0.3) is 0 Å². The van der Waals surface area contributed by atoms with Gasteiger partial charge in [-0.05, 0) is 164 Å². The molecule has 3 N–H and O–H groups in total. The van der Waals surface area contributed by atoms with Crippen molar-refractivity contribution in [2.45, 2.75) is 213 Å². The zero-order chi connectivity index (χ0) is 45.8. The molecule has 0 spiro atoms. The van der Waals surface area contributed by atoms with Crippen LogP contribution in [-0.2, 0) is 22.4 Å². The van der Waals surface area contributed by atoms with Gasteiger partial charge in [0, 0.05) is 71.3 Å². The Balaban J connectivity index is 0.000000161. The number of piperidine rings is 1. The van der Waals surface area contributed by atoms with E-state index in [1.54, 1.807) is 13.8 Å². The summed E-state index contributed by atoms with van der Waals surface area (Å²) in [5.74, 6) is 5.98. The summed E-state index contributed by atoms with van der Waals surface area (Å²) in [5.41, 5.74) is 7.55. The molecule has 4 saturated carbocycles. The highest BCUT2D eigenvalue weighted by Crippen LogP contribution is 2.34. The third kappa shape index (κ3) is 17.0. The van der Waals surface area contributed by atoms with Crippen LogP contribution in [0.25, 0.3) is 11.0 Å². The molecule has 0 bridgehead atoms. The number of aryl methyl sites for hydroxylation is 2. The first-order chi connectivity index (χ1) is 32.4. The van der Waals surface area contributed by atoms with Gasteiger partial charge in [-0.1, -0.05) is 104 Å². The van der Waals surface area contributed by atoms with E-state index in [-0.39, 0.29) is 14.9 Å². The van der Waals surface area contributed by atoms with E-state index in [0.717, 1.165) is 80.4 Å². The second-order valence-electron chi connectivity index (χ2n) is 20.4. The van der Waals surface area contributed by atoms with E-state index in [4.69, 9.17) is 9.97 Å². The molecule has 9 heteroatoms. The lowest BCUT2D eigenvalue weighted by Crippen LogP contribution is -2.27. The number of carbonyl (C=O) groups is 2. The summed E-state index contributed by atoms with van der Waals surface area (Å²) in [6, 6.07) is 17.4. The molecule has 0 radical (unpaired) electrons. The number of rotatable bonds is 5. The fourth-order valence-corrected chi connectivity index (χ4v) is 11.3. The third-order valence-corrected chi connectivity index (χ3v) is 15.5. The topological polar surface area (TPSA) is 122 Å². The Kier molecular flexibility index (Phi) is 23.9. The number of hydrogen-bond donors (Lipinski definition) is 3. The SMILES string of the molecule is C.C.CC(=O)C1CCCCC1.CC(=O)C1CCCCC1.c1cc2c(nc1C1CCCCC1)NCCC2.c1cc2c(nc1C1CCNCC1)NCCC2.c1cnc2nc(C3CCCCC3)ccc2c1. The van der Waals surface area contributed by atoms with Crippen molar-refractivity contribution in [1.29, 1.82) is 0 Å². The summed E-state index contributed by atoms with van der Waals surface area (Å²) in [4.78, 5) is 40.2. The maximum atomic E-state index is 10.8. The lowest BCUT2D eigenvalue weighted by molar-refractivity contribution is -0.122. The zero-order valence-corrected chi connectivity index (χ0v) is 40.9. The zero-order valence-electron chi connectivity index (χ0n) is 40.9. The molecule has 4 aromatic heterocycles. The Bertz CT molecular complexity index is 1970. The normalized spacial score (nSPS) is 20.0. The van der Waals surface area contributed by atoms with Crippen LogP contribution in [0.3, 0.4) is 0 Å². The van der Waals surface area contributed by atoms with Crippen molar-refractivity contribution >= 4 is 34.2 Å². The second-order valence-corrected chi connectivity index (χ2v) is 20.4. The molecule has 7 heterocycles. The lowest BCUT2D eigenvalue weighted by atomic mass is 9.86. The van der Waals surface area contributed by atoms with Crippen molar-refractivity contribution in [3.63, 3.8) is 0 Å². The summed E-state index contributed by atoms with van der Waals surface area (Å²) in [6.07, 6.45) is 35.0. The van der Waals surface area contributed by atoms with Crippen LogP contribution >= 0.6 is 0 Å². The number of fused-ring (bicyclic) bond motifs is 3. The Morgan fingerprint density at radius 3 is 1.31 bits per heavy atom. The average molecular weight is 930 g/mol. The highest BCUT2D eigenvalue weighted by molar-refractivity contribution is 5.78. The summed E-state index contributed by atoms with van der Waals surface area (Å²) >= 11 is 0. The molecule has 374 valence electrons. The molecule has 3 aliphatic heterocycles. The molecular formula is C59H91N7O2. The molecule has 5 fully saturated rings. The molecule has 68 heavy (non-hydrogen) atoms. The molecule has 0 aromatic carbocycles. The van der Waals surface area contributed by atoms with Crippen molar-refractivity contribution in [1.82, 2.24) is 25.3 Å². The van der Waals surface area contributed by atoms with Crippen LogP contribution in [0.4, 0.5) is 11.6 Å². The molecule has 7 aliphatic rings. The summed E-state index contributed by atoms with van der Waals surface area (Å²) < 4.78 is 0. The standard InChI is InChI=1S/C14H20N2.C14H16N2.C13H19N3.2C8H14O.2CH4/c2*1-2-5-11(6-3-1)13-9-8-12-7-4-10-15-14(12)16-13;1-2-11-3-4-12(16-13(11)15-7-1)10-5-8-14-9-6-10;2*1-7(9)8-5-3-2-4-6-8;;/h8-9,11H,1-7,10H2,(H,15,16);4,7-11H,1-3,5-6H2;3-4,10,14H,1-2,5-9H2,(H,15,16);2*8H,2-6H2,1H3;2*1H4. The summed E-state index contributed by atoms with van der Waals surface area (Å²) in [7, 11) is 0. The Morgan fingerprint density at radius 2 is 0.868 bits per heavy atom. The maximum absolute atomic E-state index is 10.8. The maximum Gasteiger partial charge on any atom is 0.159 e. The van der Waals surface area contributed by atoms with Crippen molar-refractivity contribution in [2.75, 3.05) is 36.8 Å². The molecular weight excluding hydrogens is 839 g/mol. The smallest absolute Gasteiger partial charge is 0.159 e. The van der Waals surface area contributed by atoms with Gasteiger partial charge in [-0.15, -0.1) is 0 Å². The first kappa shape index (κ1) is 54.7. The molecule has 4 aliphatic carbocycles. The van der Waals surface area contributed by atoms with E-state index in [1.807, 2.05) is 12.3 Å². The molecule has 11 rings (SSSR count). The second kappa shape index (κ2) is 29.7. The van der Waals surface area contributed by atoms with Gasteiger partial charge < -0.3 is 16.0 Å². The highest BCUT2D eigenvalue weighted by atomic mass is 16.1. The number of nitrogens with zero attached hydrogens (tertiary/aromatic N) is 4. The van der Waals surface area contributed by atoms with Gasteiger partial charge in [0.2, 0.25) is 0 Å². The van der Waals surface area contributed by atoms with Crippen molar-refractivity contribution in [2.24, 2.45) is 11.8 Å². The third-order valence-electron chi connectivity index (χ3n) is 15.5. The number of pyridine rings is 4. The fourth-order valence-electron chi connectivity index (χ4n) is 11.3. The van der Waals surface area contributed by atoms with E-state index in [2.05, 4.69) is 68.4 Å². The number of aromatic nitrogens is 4. The molecule has 0 amide bonds. The van der Waals surface area contributed by atoms with E-state index in [9.17, 15) is 9.59 Å². The fraction of sp³-hybridized carbons (Fsp3) is 0.661. The van der Waals surface area contributed by atoms with E-state index in [0.29, 0.717) is 35.2 Å². The predicted octanol–water partition coefficient (Wildman–Crippen LogP) is 14.7. The number of nitrogens with one attached hydrogen (secondary N) is 3. The van der Waals surface area contributed by atoms with Crippen LogP contribution in [0, 0.1) is 11.8 Å². The minimum Gasteiger partial charge on any atom is -0.370 e. The molecule has 0 atom stereocenters. The minimum absolute atomic E-state index is 0. The number of hydrogen-bond acceptors (Lipinski definition) is 9. The summed E-state index contributed by atoms with van der Waals surface area (Å²) in [6.45, 7) is 7.88. The first-order valence-electron chi connectivity index (χ1n) is 26.8. The predicted molar refractivity (Wildman–Crippen MR) is 286 cm³/mol. The molecule has 4 aromatic rings. The quantitative estimate of drug-likeness (QED) is 0.180. The van der Waals surface area contributed by atoms with Crippen LogP contribution in [-0.4, -0.2) is 57.7 Å². The van der Waals surface area contributed by atoms with Gasteiger partial charge in [0.15, 0.2) is 5.65 Å². The van der Waals surface area contributed by atoms with Crippen LogP contribution < -0.4 is 16.0 Å². The van der Waals surface area contributed by atoms with Crippen LogP contribution in [0.5, 0.6) is 0 Å². The van der Waals surface area contributed by atoms with Crippen molar-refractivity contribution in [3.05, 3.63) is 82.9 Å². The molecule has 1 saturated heterocycles. The molecule has 0 unspecified atom stereocenters. The van der Waals surface area contributed by atoms with Gasteiger partial charge in [-0.25, -0.2) is 19.9 Å². The highest BCUT2D eigenvalue weighted by Gasteiger charge is 2.22. The van der Waals surface area contributed by atoms with Crippen molar-refractivity contribution < 1.29 is 9.59 Å². The van der Waals surface area contributed by atoms with Crippen LogP contribution in [0.2, 0.25) is 0 Å². The van der Waals surface area contributed by atoms with Crippen LogP contribution in [0.1, 0.15) is 229 Å². The number of carbonyl (C=O) groups excluding carboxylic acids is 2. The van der Waals surface area contributed by atoms with Gasteiger partial charge in [0.1, 0.15) is 23.2 Å². The number of Topliss-reactive ketones (excluding diaryl/α,β-unsaturated/α-hetero) is 2. The van der Waals surface area contributed by atoms with Crippen molar-refractivity contribution in [3.8, 4) is 0 Å². The van der Waals surface area contributed by atoms with E-state index >= 15 is 0 Å². The largest absolute Gasteiger partial charge is 0.370 e. The minimum atomic E-state index is 0. The Hall–Kier alpha value is -4.24. The van der Waals surface area contributed by atoms with E-state index in [1.165, 1.54) is 169 Å². The first-order valence-corrected chi connectivity index (χ1v) is 26.8. The monoisotopic (exact) mass is 930 g/mol. The van der Waals surface area contributed by atoms with Crippen LogP contribution in [0.15, 0.2) is 54.7 Å².